The Morgan fingerprint density at radius 1 is 1.59 bits per heavy atom. The third-order valence-electron chi connectivity index (χ3n) is 1.95. The lowest BCUT2D eigenvalue weighted by Gasteiger charge is -2.20. The maximum absolute atomic E-state index is 12.3. The van der Waals surface area contributed by atoms with Crippen LogP contribution in [0.15, 0.2) is 15.7 Å². The van der Waals surface area contributed by atoms with Gasteiger partial charge in [0.25, 0.3) is 10.1 Å². The molecule has 0 spiro atoms. The quantitative estimate of drug-likeness (QED) is 0.748. The van der Waals surface area contributed by atoms with Crippen LogP contribution in [0.2, 0.25) is 0 Å². The van der Waals surface area contributed by atoms with Crippen LogP contribution in [0, 0.1) is 5.92 Å². The molecule has 0 radical (unpaired) electrons. The van der Waals surface area contributed by atoms with Crippen molar-refractivity contribution in [2.24, 2.45) is 10.9 Å². The van der Waals surface area contributed by atoms with Crippen LogP contribution in [-0.2, 0) is 14.3 Å². The SMILES string of the molecule is CS(=O)(=O)OCC1=C(Cl)CC(C(F)(F)F)C=N1. The topological polar surface area (TPSA) is 55.7 Å². The third-order valence-corrected chi connectivity index (χ3v) is 2.87. The molecule has 9 heteroatoms. The fourth-order valence-corrected chi connectivity index (χ4v) is 1.69. The van der Waals surface area contributed by atoms with Crippen LogP contribution in [0.3, 0.4) is 0 Å². The van der Waals surface area contributed by atoms with Crippen molar-refractivity contribution in [2.45, 2.75) is 12.6 Å². The fourth-order valence-electron chi connectivity index (χ4n) is 1.09. The van der Waals surface area contributed by atoms with Crippen LogP contribution in [0.25, 0.3) is 0 Å². The lowest BCUT2D eigenvalue weighted by molar-refractivity contribution is -0.153. The minimum atomic E-state index is -4.41. The highest BCUT2D eigenvalue weighted by Crippen LogP contribution is 2.35. The molecule has 17 heavy (non-hydrogen) atoms. The van der Waals surface area contributed by atoms with Gasteiger partial charge in [-0.15, -0.1) is 0 Å². The minimum Gasteiger partial charge on any atom is -0.264 e. The Hall–Kier alpha value is -0.600. The number of aliphatic imine (C=N–C) groups is 1. The van der Waals surface area contributed by atoms with Crippen LogP contribution in [0.4, 0.5) is 13.2 Å². The monoisotopic (exact) mass is 291 g/mol. The molecule has 4 nitrogen and oxygen atoms in total. The van der Waals surface area contributed by atoms with Gasteiger partial charge in [0.1, 0.15) is 6.61 Å². The summed E-state index contributed by atoms with van der Waals surface area (Å²) in [5.41, 5.74) is -0.00223. The number of rotatable bonds is 3. The summed E-state index contributed by atoms with van der Waals surface area (Å²) in [6.07, 6.45) is -3.33. The molecular weight excluding hydrogens is 283 g/mol. The molecule has 0 saturated carbocycles. The average molecular weight is 292 g/mol. The van der Waals surface area contributed by atoms with Gasteiger partial charge in [0.15, 0.2) is 0 Å². The van der Waals surface area contributed by atoms with Crippen molar-refractivity contribution in [3.63, 3.8) is 0 Å². The van der Waals surface area contributed by atoms with Crippen LogP contribution < -0.4 is 0 Å². The van der Waals surface area contributed by atoms with Crippen LogP contribution in [-0.4, -0.2) is 33.7 Å². The second-order valence-electron chi connectivity index (χ2n) is 3.45. The summed E-state index contributed by atoms with van der Waals surface area (Å²) in [6, 6.07) is 0. The average Bonchev–Trinajstić information content (AvgIpc) is 2.12. The highest BCUT2D eigenvalue weighted by atomic mass is 35.5. The predicted octanol–water partition coefficient (Wildman–Crippen LogP) is 2.07. The maximum atomic E-state index is 12.3. The molecule has 0 amide bonds. The van der Waals surface area contributed by atoms with Crippen molar-refractivity contribution in [2.75, 3.05) is 12.9 Å². The van der Waals surface area contributed by atoms with Crippen molar-refractivity contribution < 1.29 is 25.8 Å². The Labute approximate surface area is 101 Å². The molecule has 0 aromatic heterocycles. The molecule has 0 aromatic rings. The third kappa shape index (κ3) is 4.64. The summed E-state index contributed by atoms with van der Waals surface area (Å²) in [7, 11) is -3.68. The van der Waals surface area contributed by atoms with E-state index in [4.69, 9.17) is 11.6 Å². The van der Waals surface area contributed by atoms with Gasteiger partial charge in [-0.2, -0.15) is 21.6 Å². The number of hydrogen-bond donors (Lipinski definition) is 0. The number of halogens is 4. The van der Waals surface area contributed by atoms with Crippen molar-refractivity contribution in [1.29, 1.82) is 0 Å². The second kappa shape index (κ2) is 4.95. The van der Waals surface area contributed by atoms with Crippen LogP contribution in [0.5, 0.6) is 0 Å². The lowest BCUT2D eigenvalue weighted by Crippen LogP contribution is -2.26. The van der Waals surface area contributed by atoms with E-state index in [1.165, 1.54) is 0 Å². The molecule has 1 atom stereocenters. The molecule has 0 aliphatic carbocycles. The molecule has 1 aliphatic heterocycles. The molecule has 1 aliphatic rings. The number of alkyl halides is 3. The minimum absolute atomic E-state index is 0.00223. The Balaban J connectivity index is 2.70. The Kier molecular flexibility index (Phi) is 4.21. The molecule has 0 fully saturated rings. The molecule has 0 saturated heterocycles. The van der Waals surface area contributed by atoms with Gasteiger partial charge in [-0.1, -0.05) is 11.6 Å². The highest BCUT2D eigenvalue weighted by Gasteiger charge is 2.40. The van der Waals surface area contributed by atoms with Crippen LogP contribution >= 0.6 is 11.6 Å². The van der Waals surface area contributed by atoms with Gasteiger partial charge in [-0.05, 0) is 0 Å². The first-order chi connectivity index (χ1) is 7.59. The summed E-state index contributed by atoms with van der Waals surface area (Å²) in [5.74, 6) is -1.74. The van der Waals surface area contributed by atoms with Gasteiger partial charge in [0.2, 0.25) is 0 Å². The molecule has 1 rings (SSSR count). The Morgan fingerprint density at radius 2 is 2.18 bits per heavy atom. The van der Waals surface area contributed by atoms with Crippen molar-refractivity contribution >= 4 is 27.9 Å². The number of nitrogens with zero attached hydrogens (tertiary/aromatic N) is 1. The van der Waals surface area contributed by atoms with Crippen molar-refractivity contribution in [3.05, 3.63) is 10.7 Å². The van der Waals surface area contributed by atoms with E-state index in [2.05, 4.69) is 9.18 Å². The second-order valence-corrected chi connectivity index (χ2v) is 5.55. The largest absolute Gasteiger partial charge is 0.397 e. The molecule has 0 N–H and O–H groups in total. The molecule has 98 valence electrons. The fraction of sp³-hybridized carbons (Fsp3) is 0.625. The molecule has 1 heterocycles. The first kappa shape index (κ1) is 14.5. The van der Waals surface area contributed by atoms with Gasteiger partial charge in [-0.3, -0.25) is 9.18 Å². The number of allylic oxidation sites excluding steroid dienone is 1. The van der Waals surface area contributed by atoms with Gasteiger partial charge < -0.3 is 0 Å². The number of hydrogen-bond acceptors (Lipinski definition) is 4. The normalized spacial score (nSPS) is 22.1. The van der Waals surface area contributed by atoms with E-state index < -0.39 is 35.2 Å². The first-order valence-corrected chi connectivity index (χ1v) is 6.62. The van der Waals surface area contributed by atoms with Crippen molar-refractivity contribution in [1.82, 2.24) is 0 Å². The van der Waals surface area contributed by atoms with Gasteiger partial charge >= 0.3 is 6.18 Å². The van der Waals surface area contributed by atoms with E-state index in [-0.39, 0.29) is 10.7 Å². The highest BCUT2D eigenvalue weighted by molar-refractivity contribution is 7.85. The van der Waals surface area contributed by atoms with Gasteiger partial charge in [0, 0.05) is 17.7 Å². The maximum Gasteiger partial charge on any atom is 0.397 e. The summed E-state index contributed by atoms with van der Waals surface area (Å²) in [5, 5.41) is -0.140. The van der Waals surface area contributed by atoms with E-state index in [1.54, 1.807) is 0 Å². The summed E-state index contributed by atoms with van der Waals surface area (Å²) in [4.78, 5) is 3.47. The molecule has 0 aromatic carbocycles. The lowest BCUT2D eigenvalue weighted by atomic mass is 10.0. The summed E-state index contributed by atoms with van der Waals surface area (Å²) in [6.45, 7) is -0.460. The smallest absolute Gasteiger partial charge is 0.264 e. The van der Waals surface area contributed by atoms with Crippen LogP contribution in [0.1, 0.15) is 6.42 Å². The predicted molar refractivity (Wildman–Crippen MR) is 56.3 cm³/mol. The zero-order valence-electron chi connectivity index (χ0n) is 8.66. The summed E-state index contributed by atoms with van der Waals surface area (Å²) >= 11 is 5.60. The standard InChI is InChI=1S/C8H9ClF3NO3S/c1-17(14,15)16-4-7-6(9)2-5(3-13-7)8(10,11)12/h3,5H,2,4H2,1H3. The van der Waals surface area contributed by atoms with E-state index in [9.17, 15) is 21.6 Å². The van der Waals surface area contributed by atoms with Gasteiger partial charge in [0.05, 0.1) is 17.9 Å². The molecule has 0 bridgehead atoms. The first-order valence-electron chi connectivity index (χ1n) is 4.42. The van der Waals surface area contributed by atoms with Gasteiger partial charge in [-0.25, -0.2) is 0 Å². The van der Waals surface area contributed by atoms with Crippen molar-refractivity contribution in [3.8, 4) is 0 Å². The summed E-state index contributed by atoms with van der Waals surface area (Å²) < 4.78 is 62.7. The Bertz CT molecular complexity index is 455. The zero-order chi connectivity index (χ0) is 13.3. The van der Waals surface area contributed by atoms with E-state index in [1.807, 2.05) is 0 Å². The molecule has 1 unspecified atom stereocenters. The van der Waals surface area contributed by atoms with E-state index in [0.29, 0.717) is 6.21 Å². The van der Waals surface area contributed by atoms with E-state index >= 15 is 0 Å². The van der Waals surface area contributed by atoms with E-state index in [0.717, 1.165) is 6.26 Å². The molecular formula is C8H9ClF3NO3S. The Morgan fingerprint density at radius 3 is 2.59 bits per heavy atom. The zero-order valence-corrected chi connectivity index (χ0v) is 10.2.